The number of likely N-dealkylation sites (tertiary alicyclic amines) is 1. The molecule has 3 fully saturated rings. The Morgan fingerprint density at radius 2 is 1.85 bits per heavy atom. The van der Waals surface area contributed by atoms with Gasteiger partial charge in [-0.1, -0.05) is 12.1 Å². The second-order valence-electron chi connectivity index (χ2n) is 9.20. The lowest BCUT2D eigenvalue weighted by molar-refractivity contribution is -0.153. The van der Waals surface area contributed by atoms with Gasteiger partial charge in [0.05, 0.1) is 0 Å². The van der Waals surface area contributed by atoms with Crippen molar-refractivity contribution in [2.75, 3.05) is 5.32 Å². The molecule has 3 unspecified atom stereocenters. The summed E-state index contributed by atoms with van der Waals surface area (Å²) < 4.78 is 42.8. The van der Waals surface area contributed by atoms with E-state index in [0.29, 0.717) is 0 Å². The summed E-state index contributed by atoms with van der Waals surface area (Å²) in [7, 11) is -4.10. The van der Waals surface area contributed by atoms with Gasteiger partial charge >= 0.3 is 0 Å². The fourth-order valence-corrected chi connectivity index (χ4v) is 7.21. The second-order valence-corrected chi connectivity index (χ2v) is 10.8. The van der Waals surface area contributed by atoms with E-state index in [4.69, 9.17) is 0 Å². The van der Waals surface area contributed by atoms with Gasteiger partial charge < -0.3 is 10.2 Å². The van der Waals surface area contributed by atoms with Gasteiger partial charge in [-0.05, 0) is 60.9 Å². The number of sulfonamides is 1. The van der Waals surface area contributed by atoms with Gasteiger partial charge in [-0.15, -0.1) is 4.40 Å². The number of amides is 1. The molecular formula is C23H21FN4O4S. The molecule has 8 nitrogen and oxygen atoms in total. The number of amidine groups is 1. The quantitative estimate of drug-likeness (QED) is 0.693. The van der Waals surface area contributed by atoms with Crippen LogP contribution in [0.1, 0.15) is 24.8 Å². The predicted octanol–water partition coefficient (Wildman–Crippen LogP) is 2.38. The third-order valence-corrected chi connectivity index (χ3v) is 8.75. The first-order chi connectivity index (χ1) is 15.8. The summed E-state index contributed by atoms with van der Waals surface area (Å²) in [6.07, 6.45) is 4.19. The highest BCUT2D eigenvalue weighted by Crippen LogP contribution is 2.54. The minimum absolute atomic E-state index is 0.0586. The number of benzene rings is 1. The standard InChI is InChI=1S/C23H21FN4O4S/c24-15-7-3-12(4-8-15)11-28-19-14-6-5-13(10-14)17(19)20(29)18(23(28)30)22-26-21-16(2-1-9-25-21)33(31,32)27-22/h1-4,7-9,13-14,17-19H,5-6,10-11H2,(H,25,26,27)/t13-,14+,17?,18?,19?/m0/s1. The third-order valence-electron chi connectivity index (χ3n) is 7.43. The highest BCUT2D eigenvalue weighted by Gasteiger charge is 2.60. The Bertz CT molecular complexity index is 1310. The molecular weight excluding hydrogens is 447 g/mol. The van der Waals surface area contributed by atoms with Crippen molar-refractivity contribution in [2.45, 2.75) is 36.7 Å². The lowest BCUT2D eigenvalue weighted by Gasteiger charge is -2.45. The normalized spacial score (nSPS) is 31.6. The van der Waals surface area contributed by atoms with Crippen LogP contribution >= 0.6 is 0 Å². The first-order valence-corrected chi connectivity index (χ1v) is 12.4. The van der Waals surface area contributed by atoms with E-state index in [1.165, 1.54) is 30.5 Å². The van der Waals surface area contributed by atoms with Crippen LogP contribution in [-0.4, -0.2) is 41.9 Å². The monoisotopic (exact) mass is 468 g/mol. The number of fused-ring (bicyclic) bond motifs is 6. The number of hydrogen-bond donors (Lipinski definition) is 1. The largest absolute Gasteiger partial charge is 0.333 e. The van der Waals surface area contributed by atoms with Crippen LogP contribution < -0.4 is 5.32 Å². The molecule has 2 aromatic rings. The molecule has 5 atom stereocenters. The van der Waals surface area contributed by atoms with E-state index < -0.39 is 21.8 Å². The molecule has 1 N–H and O–H groups in total. The van der Waals surface area contributed by atoms with E-state index in [-0.39, 0.29) is 58.5 Å². The fraction of sp³-hybridized carbons (Fsp3) is 0.391. The van der Waals surface area contributed by atoms with Crippen LogP contribution in [0.2, 0.25) is 0 Å². The van der Waals surface area contributed by atoms with Gasteiger partial charge in [-0.3, -0.25) is 9.59 Å². The first kappa shape index (κ1) is 20.5. The number of pyridine rings is 1. The van der Waals surface area contributed by atoms with Crippen molar-refractivity contribution in [1.29, 1.82) is 0 Å². The Balaban J connectivity index is 1.41. The molecule has 170 valence electrons. The average molecular weight is 469 g/mol. The third kappa shape index (κ3) is 3.11. The molecule has 1 aromatic carbocycles. The molecule has 2 saturated carbocycles. The van der Waals surface area contributed by atoms with E-state index in [9.17, 15) is 22.4 Å². The molecule has 2 bridgehead atoms. The zero-order chi connectivity index (χ0) is 22.9. The molecule has 1 amide bonds. The van der Waals surface area contributed by atoms with Crippen molar-refractivity contribution in [2.24, 2.45) is 28.1 Å². The molecule has 1 saturated heterocycles. The lowest BCUT2D eigenvalue weighted by Crippen LogP contribution is -2.61. The van der Waals surface area contributed by atoms with Crippen LogP contribution in [0.15, 0.2) is 51.9 Å². The number of nitrogens with one attached hydrogen (secondary N) is 1. The van der Waals surface area contributed by atoms with Crippen LogP contribution in [0.25, 0.3) is 0 Å². The smallest absolute Gasteiger partial charge is 0.287 e. The number of carbonyl (C=O) groups is 2. The first-order valence-electron chi connectivity index (χ1n) is 11.0. The number of hydrogen-bond acceptors (Lipinski definition) is 6. The fourth-order valence-electron chi connectivity index (χ4n) is 6.10. The summed E-state index contributed by atoms with van der Waals surface area (Å²) in [6.45, 7) is 0.224. The molecule has 33 heavy (non-hydrogen) atoms. The zero-order valence-electron chi connectivity index (χ0n) is 17.5. The highest BCUT2D eigenvalue weighted by atomic mass is 32.2. The van der Waals surface area contributed by atoms with Crippen LogP contribution in [0.3, 0.4) is 0 Å². The number of anilines is 1. The summed E-state index contributed by atoms with van der Waals surface area (Å²) in [5.41, 5.74) is 0.748. The number of ketones is 1. The second kappa shape index (κ2) is 7.18. The van der Waals surface area contributed by atoms with E-state index in [1.54, 1.807) is 17.0 Å². The average Bonchev–Trinajstić information content (AvgIpc) is 3.40. The number of rotatable bonds is 3. The summed E-state index contributed by atoms with van der Waals surface area (Å²) in [6, 6.07) is 8.56. The Hall–Kier alpha value is -3.14. The van der Waals surface area contributed by atoms with Crippen LogP contribution in [0, 0.1) is 29.5 Å². The van der Waals surface area contributed by atoms with Gasteiger partial charge in [0.25, 0.3) is 10.0 Å². The van der Waals surface area contributed by atoms with Crippen LogP contribution in [-0.2, 0) is 26.2 Å². The van der Waals surface area contributed by atoms with Gasteiger partial charge in [-0.25, -0.2) is 9.37 Å². The highest BCUT2D eigenvalue weighted by molar-refractivity contribution is 7.90. The molecule has 0 spiro atoms. The summed E-state index contributed by atoms with van der Waals surface area (Å²) in [4.78, 5) is 33.1. The Kier molecular flexibility index (Phi) is 4.45. The van der Waals surface area contributed by atoms with Gasteiger partial charge in [-0.2, -0.15) is 8.42 Å². The predicted molar refractivity (Wildman–Crippen MR) is 116 cm³/mol. The Morgan fingerprint density at radius 1 is 1.09 bits per heavy atom. The van der Waals surface area contributed by atoms with E-state index in [2.05, 4.69) is 14.7 Å². The number of nitrogens with zero attached hydrogens (tertiary/aromatic N) is 3. The van der Waals surface area contributed by atoms with Crippen molar-refractivity contribution >= 4 is 33.4 Å². The Labute approximate surface area is 190 Å². The summed E-state index contributed by atoms with van der Waals surface area (Å²) in [5.74, 6) is -2.53. The molecule has 4 aliphatic rings. The lowest BCUT2D eigenvalue weighted by atomic mass is 9.73. The maximum absolute atomic E-state index is 13.7. The summed E-state index contributed by atoms with van der Waals surface area (Å²) in [5, 5.41) is 2.84. The molecule has 2 aliphatic carbocycles. The molecule has 3 heterocycles. The Morgan fingerprint density at radius 3 is 2.64 bits per heavy atom. The SMILES string of the molecule is O=C1C(C2=NS(=O)(=O)c3cccnc3N2)C(=O)N(Cc2ccc(F)cc2)C2C1[C@H]1CC[C@@H]2C1. The number of Topliss-reactive ketones (excluding diaryl/α,β-unsaturated/α-hetero) is 1. The van der Waals surface area contributed by atoms with E-state index in [1.807, 2.05) is 0 Å². The van der Waals surface area contributed by atoms with Gasteiger partial charge in [0.15, 0.2) is 17.5 Å². The van der Waals surface area contributed by atoms with Gasteiger partial charge in [0, 0.05) is 24.7 Å². The maximum atomic E-state index is 13.7. The number of piperidine rings is 1. The summed E-state index contributed by atoms with van der Waals surface area (Å²) >= 11 is 0. The minimum Gasteiger partial charge on any atom is -0.333 e. The van der Waals surface area contributed by atoms with Gasteiger partial charge in [0.1, 0.15) is 16.5 Å². The van der Waals surface area contributed by atoms with Crippen molar-refractivity contribution in [3.8, 4) is 0 Å². The minimum atomic E-state index is -4.10. The maximum Gasteiger partial charge on any atom is 0.287 e. The van der Waals surface area contributed by atoms with Crippen LogP contribution in [0.5, 0.6) is 0 Å². The van der Waals surface area contributed by atoms with Crippen molar-refractivity contribution in [3.63, 3.8) is 0 Å². The van der Waals surface area contributed by atoms with Crippen molar-refractivity contribution in [3.05, 3.63) is 54.0 Å². The van der Waals surface area contributed by atoms with Gasteiger partial charge in [0.2, 0.25) is 5.91 Å². The van der Waals surface area contributed by atoms with E-state index in [0.717, 1.165) is 24.8 Å². The zero-order valence-corrected chi connectivity index (χ0v) is 18.3. The topological polar surface area (TPSA) is 109 Å². The molecule has 10 heteroatoms. The number of carbonyl (C=O) groups excluding carboxylic acids is 2. The molecule has 1 aromatic heterocycles. The van der Waals surface area contributed by atoms with Crippen LogP contribution in [0.4, 0.5) is 10.2 Å². The van der Waals surface area contributed by atoms with E-state index >= 15 is 0 Å². The number of aromatic nitrogens is 1. The molecule has 6 rings (SSSR count). The van der Waals surface area contributed by atoms with Crippen molar-refractivity contribution in [1.82, 2.24) is 9.88 Å². The number of halogens is 1. The van der Waals surface area contributed by atoms with Crippen molar-refractivity contribution < 1.29 is 22.4 Å². The molecule has 0 radical (unpaired) electrons. The molecule has 2 aliphatic heterocycles.